The van der Waals surface area contributed by atoms with E-state index >= 15 is 0 Å². The van der Waals surface area contributed by atoms with Crippen molar-refractivity contribution >= 4 is 5.91 Å². The van der Waals surface area contributed by atoms with Crippen molar-refractivity contribution in [2.24, 2.45) is 0 Å². The number of rotatable bonds is 1. The van der Waals surface area contributed by atoms with E-state index in [0.29, 0.717) is 6.07 Å². The topological polar surface area (TPSA) is 40.5 Å². The lowest BCUT2D eigenvalue weighted by molar-refractivity contribution is 0.0247. The molecule has 1 aliphatic rings. The third-order valence-electron chi connectivity index (χ3n) is 3.48. The number of terminal acetylenes is 1. The van der Waals surface area contributed by atoms with E-state index in [4.69, 9.17) is 6.42 Å². The maximum Gasteiger partial charge on any atom is 0.257 e. The number of halogens is 4. The molecule has 1 N–H and O–H groups in total. The number of hydrogen-bond acceptors (Lipinski definition) is 2. The Morgan fingerprint density at radius 1 is 1.19 bits per heavy atom. The van der Waals surface area contributed by atoms with Crippen LogP contribution < -0.4 is 0 Å². The van der Waals surface area contributed by atoms with Gasteiger partial charge in [-0.05, 0) is 6.07 Å². The van der Waals surface area contributed by atoms with E-state index in [1.807, 2.05) is 0 Å². The zero-order chi connectivity index (χ0) is 15.8. The summed E-state index contributed by atoms with van der Waals surface area (Å²) >= 11 is 0. The number of carbonyl (C=O) groups is 1. The molecule has 2 rings (SSSR count). The van der Waals surface area contributed by atoms with E-state index in [1.54, 1.807) is 0 Å². The minimum absolute atomic E-state index is 0.000409. The van der Waals surface area contributed by atoms with Crippen LogP contribution in [0.5, 0.6) is 0 Å². The van der Waals surface area contributed by atoms with Gasteiger partial charge in [0.15, 0.2) is 23.3 Å². The Hall–Kier alpha value is -2.07. The first kappa shape index (κ1) is 15.3. The molecule has 1 aromatic rings. The quantitative estimate of drug-likeness (QED) is 0.372. The molecule has 0 bridgehead atoms. The maximum atomic E-state index is 13.6. The molecule has 0 unspecified atom stereocenters. The molecule has 0 atom stereocenters. The van der Waals surface area contributed by atoms with Crippen molar-refractivity contribution in [1.82, 2.24) is 4.90 Å². The summed E-state index contributed by atoms with van der Waals surface area (Å²) in [6.45, 7) is -0.000818. The zero-order valence-electron chi connectivity index (χ0n) is 10.8. The minimum Gasteiger partial charge on any atom is -0.377 e. The first-order valence-corrected chi connectivity index (χ1v) is 6.11. The minimum atomic E-state index is -2.03. The summed E-state index contributed by atoms with van der Waals surface area (Å²) in [5.74, 6) is -6.17. The van der Waals surface area contributed by atoms with Gasteiger partial charge in [0, 0.05) is 25.9 Å². The summed E-state index contributed by atoms with van der Waals surface area (Å²) < 4.78 is 52.6. The largest absolute Gasteiger partial charge is 0.377 e. The molecule has 1 amide bonds. The lowest BCUT2D eigenvalue weighted by atomic mass is 9.92. The van der Waals surface area contributed by atoms with Crippen molar-refractivity contribution in [3.8, 4) is 12.3 Å². The zero-order valence-corrected chi connectivity index (χ0v) is 10.8. The molecule has 0 radical (unpaired) electrons. The molecule has 7 heteroatoms. The highest BCUT2D eigenvalue weighted by atomic mass is 19.2. The van der Waals surface area contributed by atoms with Crippen molar-refractivity contribution in [3.63, 3.8) is 0 Å². The smallest absolute Gasteiger partial charge is 0.257 e. The predicted octanol–water partition coefficient (Wildman–Crippen LogP) is 1.84. The number of aliphatic hydroxyl groups is 1. The first-order chi connectivity index (χ1) is 9.79. The van der Waals surface area contributed by atoms with Gasteiger partial charge in [-0.15, -0.1) is 6.42 Å². The van der Waals surface area contributed by atoms with Gasteiger partial charge in [-0.1, -0.05) is 5.92 Å². The Balaban J connectivity index is 2.25. The standard InChI is InChI=1S/C14H11F4NO2/c1-2-14(21)3-5-19(6-4-14)13(20)8-7-9(15)11(17)12(18)10(8)16/h1,7,21H,3-6H2. The van der Waals surface area contributed by atoms with E-state index in [2.05, 4.69) is 5.92 Å². The fraction of sp³-hybridized carbons (Fsp3) is 0.357. The number of nitrogens with zero attached hydrogens (tertiary/aromatic N) is 1. The monoisotopic (exact) mass is 301 g/mol. The van der Waals surface area contributed by atoms with Gasteiger partial charge >= 0.3 is 0 Å². The highest BCUT2D eigenvalue weighted by molar-refractivity contribution is 5.94. The third-order valence-corrected chi connectivity index (χ3v) is 3.48. The SMILES string of the molecule is C#CC1(O)CCN(C(=O)c2cc(F)c(F)c(F)c2F)CC1. The Bertz CT molecular complexity index is 631. The van der Waals surface area contributed by atoms with Crippen LogP contribution in [0.25, 0.3) is 0 Å². The van der Waals surface area contributed by atoms with Crippen LogP contribution in [0.3, 0.4) is 0 Å². The van der Waals surface area contributed by atoms with Gasteiger partial charge in [-0.25, -0.2) is 17.6 Å². The third kappa shape index (κ3) is 2.72. The molecular weight excluding hydrogens is 290 g/mol. The van der Waals surface area contributed by atoms with E-state index in [1.165, 1.54) is 0 Å². The summed E-state index contributed by atoms with van der Waals surface area (Å²) in [7, 11) is 0. The Kier molecular flexibility index (Phi) is 3.92. The molecule has 3 nitrogen and oxygen atoms in total. The van der Waals surface area contributed by atoms with Crippen LogP contribution in [0.1, 0.15) is 23.2 Å². The second-order valence-electron chi connectivity index (χ2n) is 4.82. The summed E-state index contributed by atoms with van der Waals surface area (Å²) in [4.78, 5) is 13.1. The molecule has 21 heavy (non-hydrogen) atoms. The van der Waals surface area contributed by atoms with Gasteiger partial charge in [0.1, 0.15) is 5.60 Å². The highest BCUT2D eigenvalue weighted by Gasteiger charge is 2.34. The average Bonchev–Trinajstić information content (AvgIpc) is 2.49. The molecule has 1 heterocycles. The molecule has 1 aliphatic heterocycles. The van der Waals surface area contributed by atoms with E-state index in [-0.39, 0.29) is 25.9 Å². The van der Waals surface area contributed by atoms with Crippen LogP contribution >= 0.6 is 0 Å². The van der Waals surface area contributed by atoms with Gasteiger partial charge in [-0.3, -0.25) is 4.79 Å². The number of benzene rings is 1. The number of carbonyl (C=O) groups excluding carboxylic acids is 1. The average molecular weight is 301 g/mol. The van der Waals surface area contributed by atoms with Crippen LogP contribution in [0.15, 0.2) is 6.07 Å². The molecule has 0 saturated carbocycles. The maximum absolute atomic E-state index is 13.6. The Morgan fingerprint density at radius 3 is 2.29 bits per heavy atom. The van der Waals surface area contributed by atoms with Gasteiger partial charge < -0.3 is 10.0 Å². The molecule has 1 aromatic carbocycles. The summed E-state index contributed by atoms with van der Waals surface area (Å²) in [5.41, 5.74) is -2.24. The van der Waals surface area contributed by atoms with Gasteiger partial charge in [0.05, 0.1) is 5.56 Å². The van der Waals surface area contributed by atoms with Crippen molar-refractivity contribution in [1.29, 1.82) is 0 Å². The van der Waals surface area contributed by atoms with Crippen LogP contribution in [0.4, 0.5) is 17.6 Å². The molecule has 0 spiro atoms. The van der Waals surface area contributed by atoms with Crippen LogP contribution in [0.2, 0.25) is 0 Å². The second-order valence-corrected chi connectivity index (χ2v) is 4.82. The Morgan fingerprint density at radius 2 is 1.76 bits per heavy atom. The van der Waals surface area contributed by atoms with Gasteiger partial charge in [-0.2, -0.15) is 0 Å². The van der Waals surface area contributed by atoms with E-state index in [0.717, 1.165) is 4.90 Å². The molecule has 1 fully saturated rings. The molecule has 0 aliphatic carbocycles. The van der Waals surface area contributed by atoms with Crippen molar-refractivity contribution in [2.45, 2.75) is 18.4 Å². The lowest BCUT2D eigenvalue weighted by Crippen LogP contribution is -2.46. The fourth-order valence-electron chi connectivity index (χ4n) is 2.12. The normalized spacial score (nSPS) is 17.4. The van der Waals surface area contributed by atoms with Crippen molar-refractivity contribution in [2.75, 3.05) is 13.1 Å². The second kappa shape index (κ2) is 5.37. The number of piperidine rings is 1. The predicted molar refractivity (Wildman–Crippen MR) is 65.2 cm³/mol. The van der Waals surface area contributed by atoms with Crippen LogP contribution in [0, 0.1) is 35.6 Å². The number of amides is 1. The lowest BCUT2D eigenvalue weighted by Gasteiger charge is -2.35. The van der Waals surface area contributed by atoms with E-state index in [9.17, 15) is 27.5 Å². The Labute approximate surface area is 118 Å². The number of hydrogen-bond donors (Lipinski definition) is 1. The van der Waals surface area contributed by atoms with Crippen molar-refractivity contribution in [3.05, 3.63) is 34.9 Å². The van der Waals surface area contributed by atoms with E-state index < -0.39 is 40.3 Å². The molecule has 1 saturated heterocycles. The molecule has 112 valence electrons. The van der Waals surface area contributed by atoms with Crippen LogP contribution in [-0.2, 0) is 0 Å². The first-order valence-electron chi connectivity index (χ1n) is 6.11. The fourth-order valence-corrected chi connectivity index (χ4v) is 2.12. The summed E-state index contributed by atoms with van der Waals surface area (Å²) in [5, 5.41) is 9.81. The van der Waals surface area contributed by atoms with Crippen LogP contribution in [-0.4, -0.2) is 34.6 Å². The number of likely N-dealkylation sites (tertiary alicyclic amines) is 1. The van der Waals surface area contributed by atoms with Crippen molar-refractivity contribution < 1.29 is 27.5 Å². The molecular formula is C14H11F4NO2. The highest BCUT2D eigenvalue weighted by Crippen LogP contribution is 2.25. The summed E-state index contributed by atoms with van der Waals surface area (Å²) in [6, 6.07) is 0.318. The molecule has 0 aromatic heterocycles. The summed E-state index contributed by atoms with van der Waals surface area (Å²) in [6.07, 6.45) is 5.26. The van der Waals surface area contributed by atoms with Gasteiger partial charge in [0.2, 0.25) is 0 Å². The van der Waals surface area contributed by atoms with Gasteiger partial charge in [0.25, 0.3) is 5.91 Å².